The molecule has 0 radical (unpaired) electrons. The number of aliphatic hydroxyl groups excluding tert-OH is 4. The quantitative estimate of drug-likeness (QED) is 0.177. The van der Waals surface area contributed by atoms with Crippen molar-refractivity contribution in [1.29, 1.82) is 0 Å². The molecule has 0 aromatic heterocycles. The molecular formula is C42H40N2O4. The molecular weight excluding hydrogens is 596 g/mol. The van der Waals surface area contributed by atoms with Gasteiger partial charge < -0.3 is 30.2 Å². The van der Waals surface area contributed by atoms with Gasteiger partial charge in [-0.2, -0.15) is 0 Å². The Bertz CT molecular complexity index is 1890. The fourth-order valence-electron chi connectivity index (χ4n) is 6.71. The molecule has 6 nitrogen and oxygen atoms in total. The first-order chi connectivity index (χ1) is 23.4. The van der Waals surface area contributed by atoms with Crippen molar-refractivity contribution in [2.75, 3.05) is 22.9 Å². The van der Waals surface area contributed by atoms with Gasteiger partial charge in [0.25, 0.3) is 0 Å². The third kappa shape index (κ3) is 5.33. The molecule has 2 heterocycles. The molecule has 3 aromatic rings. The number of rotatable bonds is 10. The molecule has 2 aliphatic carbocycles. The predicted octanol–water partition coefficient (Wildman–Crippen LogP) is 10.3. The third-order valence-electron chi connectivity index (χ3n) is 9.45. The maximum atomic E-state index is 11.0. The van der Waals surface area contributed by atoms with Crippen LogP contribution in [0.1, 0.15) is 61.8 Å². The molecule has 48 heavy (non-hydrogen) atoms. The van der Waals surface area contributed by atoms with Gasteiger partial charge >= 0.3 is 0 Å². The summed E-state index contributed by atoms with van der Waals surface area (Å²) in [5, 5.41) is 44.2. The largest absolute Gasteiger partial charge is 0.506 e. The minimum absolute atomic E-state index is 0.0310. The van der Waals surface area contributed by atoms with Crippen LogP contribution in [0.25, 0.3) is 22.3 Å². The summed E-state index contributed by atoms with van der Waals surface area (Å²) in [4.78, 5) is 4.48. The number of benzene rings is 3. The molecule has 4 N–H and O–H groups in total. The Morgan fingerprint density at radius 1 is 0.521 bits per heavy atom. The summed E-state index contributed by atoms with van der Waals surface area (Å²) in [7, 11) is 0. The molecule has 2 aliphatic heterocycles. The predicted molar refractivity (Wildman–Crippen MR) is 196 cm³/mol. The Morgan fingerprint density at radius 3 is 1.29 bits per heavy atom. The van der Waals surface area contributed by atoms with Crippen molar-refractivity contribution in [3.63, 3.8) is 0 Å². The van der Waals surface area contributed by atoms with Crippen LogP contribution in [0.15, 0.2) is 144 Å². The van der Waals surface area contributed by atoms with E-state index in [9.17, 15) is 20.4 Å². The van der Waals surface area contributed by atoms with Crippen LogP contribution < -0.4 is 9.80 Å². The Hall–Kier alpha value is -5.62. The van der Waals surface area contributed by atoms with Crippen LogP contribution in [0.4, 0.5) is 11.4 Å². The second-order valence-electron chi connectivity index (χ2n) is 12.5. The monoisotopic (exact) mass is 636 g/mol. The molecule has 4 aliphatic rings. The standard InChI is InChI=1S/C42H40N2O4/c1-3-5-21-43-23-19-29(31-11-7-9-13-35(31)43)25-33-39(45)37(40(33)46)27-15-17-28(18-16-27)38-41(47)34(42(38)48)26-30-20-24-44(22-6-4-2)36-14-10-8-12-32(30)36/h7-20,23-26,45-48H,3-6,21-22H2,1-2H3. The van der Waals surface area contributed by atoms with Crippen molar-refractivity contribution in [2.45, 2.75) is 39.5 Å². The van der Waals surface area contributed by atoms with E-state index < -0.39 is 0 Å². The van der Waals surface area contributed by atoms with Crippen LogP contribution in [0, 0.1) is 0 Å². The van der Waals surface area contributed by atoms with Crippen LogP contribution >= 0.6 is 0 Å². The lowest BCUT2D eigenvalue weighted by Gasteiger charge is -2.29. The van der Waals surface area contributed by atoms with Crippen molar-refractivity contribution in [2.24, 2.45) is 0 Å². The van der Waals surface area contributed by atoms with Gasteiger partial charge in [-0.05, 0) is 71.6 Å². The van der Waals surface area contributed by atoms with E-state index in [4.69, 9.17) is 0 Å². The van der Waals surface area contributed by atoms with Crippen molar-refractivity contribution in [3.05, 3.63) is 166 Å². The number of para-hydroxylation sites is 2. The van der Waals surface area contributed by atoms with Crippen LogP contribution in [0.3, 0.4) is 0 Å². The Balaban J connectivity index is 1.09. The van der Waals surface area contributed by atoms with Gasteiger partial charge in [0, 0.05) is 48.0 Å². The number of hydrogen-bond acceptors (Lipinski definition) is 6. The Kier molecular flexibility index (Phi) is 8.32. The molecule has 242 valence electrons. The fourth-order valence-corrected chi connectivity index (χ4v) is 6.71. The first kappa shape index (κ1) is 31.0. The smallest absolute Gasteiger partial charge is 0.138 e. The van der Waals surface area contributed by atoms with E-state index in [0.717, 1.165) is 72.4 Å². The van der Waals surface area contributed by atoms with Gasteiger partial charge in [-0.1, -0.05) is 87.4 Å². The van der Waals surface area contributed by atoms with Crippen LogP contribution in [-0.2, 0) is 0 Å². The summed E-state index contributed by atoms with van der Waals surface area (Å²) in [5.74, 6) is 0.124. The van der Waals surface area contributed by atoms with E-state index in [0.29, 0.717) is 33.4 Å². The molecule has 0 atom stereocenters. The number of anilines is 2. The topological polar surface area (TPSA) is 87.4 Å². The highest BCUT2D eigenvalue weighted by atomic mass is 16.3. The van der Waals surface area contributed by atoms with E-state index >= 15 is 0 Å². The molecule has 0 unspecified atom stereocenters. The normalized spacial score (nSPS) is 18.5. The average molecular weight is 637 g/mol. The molecule has 0 spiro atoms. The van der Waals surface area contributed by atoms with Crippen LogP contribution in [0.5, 0.6) is 0 Å². The molecule has 0 fully saturated rings. The van der Waals surface area contributed by atoms with Crippen molar-refractivity contribution >= 4 is 33.7 Å². The number of allylic oxidation sites excluding steroid dienone is 8. The number of fused-ring (bicyclic) bond motifs is 2. The zero-order valence-electron chi connectivity index (χ0n) is 27.3. The molecule has 0 amide bonds. The lowest BCUT2D eigenvalue weighted by molar-refractivity contribution is 0.371. The highest BCUT2D eigenvalue weighted by Gasteiger charge is 2.32. The third-order valence-corrected chi connectivity index (χ3v) is 9.45. The lowest BCUT2D eigenvalue weighted by Crippen LogP contribution is -2.21. The van der Waals surface area contributed by atoms with Gasteiger partial charge in [-0.3, -0.25) is 0 Å². The lowest BCUT2D eigenvalue weighted by atomic mass is 9.83. The van der Waals surface area contributed by atoms with Crippen LogP contribution in [0.2, 0.25) is 0 Å². The number of unbranched alkanes of at least 4 members (excludes halogenated alkanes) is 2. The number of nitrogens with zero attached hydrogens (tertiary/aromatic N) is 2. The minimum Gasteiger partial charge on any atom is -0.506 e. The zero-order valence-corrected chi connectivity index (χ0v) is 27.3. The second kappa shape index (κ2) is 12.9. The summed E-state index contributed by atoms with van der Waals surface area (Å²) in [6.07, 6.45) is 16.2. The highest BCUT2D eigenvalue weighted by molar-refractivity contribution is 5.97. The van der Waals surface area contributed by atoms with Crippen molar-refractivity contribution < 1.29 is 20.4 Å². The van der Waals surface area contributed by atoms with Crippen molar-refractivity contribution in [1.82, 2.24) is 0 Å². The molecule has 7 rings (SSSR count). The minimum atomic E-state index is 0.0310. The van der Waals surface area contributed by atoms with Crippen LogP contribution in [-0.4, -0.2) is 33.5 Å². The van der Waals surface area contributed by atoms with Gasteiger partial charge in [0.1, 0.15) is 23.0 Å². The fraction of sp³-hybridized carbons (Fsp3) is 0.190. The van der Waals surface area contributed by atoms with E-state index in [1.165, 1.54) is 0 Å². The molecule has 0 bridgehead atoms. The Labute approximate surface area is 281 Å². The summed E-state index contributed by atoms with van der Waals surface area (Å²) in [6, 6.07) is 23.4. The molecule has 0 saturated heterocycles. The Morgan fingerprint density at radius 2 is 0.917 bits per heavy atom. The first-order valence-electron chi connectivity index (χ1n) is 16.8. The second-order valence-corrected chi connectivity index (χ2v) is 12.5. The van der Waals surface area contributed by atoms with Gasteiger partial charge in [0.05, 0.1) is 22.3 Å². The summed E-state index contributed by atoms with van der Waals surface area (Å²) in [5.41, 5.74) is 8.99. The maximum Gasteiger partial charge on any atom is 0.138 e. The van der Waals surface area contributed by atoms with Gasteiger partial charge in [0.15, 0.2) is 0 Å². The summed E-state index contributed by atoms with van der Waals surface area (Å²) < 4.78 is 0. The zero-order chi connectivity index (χ0) is 33.4. The van der Waals surface area contributed by atoms with Gasteiger partial charge in [0.2, 0.25) is 0 Å². The molecule has 6 heteroatoms. The summed E-state index contributed by atoms with van der Waals surface area (Å²) in [6.45, 7) is 6.22. The summed E-state index contributed by atoms with van der Waals surface area (Å²) >= 11 is 0. The average Bonchev–Trinajstić information content (AvgIpc) is 3.12. The van der Waals surface area contributed by atoms with Gasteiger partial charge in [-0.15, -0.1) is 0 Å². The van der Waals surface area contributed by atoms with E-state index in [1.54, 1.807) is 24.3 Å². The van der Waals surface area contributed by atoms with E-state index in [2.05, 4.69) is 60.3 Å². The molecule has 0 saturated carbocycles. The SMILES string of the molecule is CCCCN1C=CC(=CC2=C(O)C(c3ccc(C4=C(O)C(C=C5C=CN(CCCC)c6ccccc65)=C4O)cc3)=C2O)c2ccccc21. The van der Waals surface area contributed by atoms with Gasteiger partial charge in [-0.25, -0.2) is 0 Å². The number of hydrogen-bond donors (Lipinski definition) is 4. The maximum absolute atomic E-state index is 11.0. The van der Waals surface area contributed by atoms with E-state index in [-0.39, 0.29) is 23.0 Å². The first-order valence-corrected chi connectivity index (χ1v) is 16.8. The highest BCUT2D eigenvalue weighted by Crippen LogP contribution is 2.45. The number of aliphatic hydroxyl groups is 4. The van der Waals surface area contributed by atoms with E-state index in [1.807, 2.05) is 48.6 Å². The van der Waals surface area contributed by atoms with Crippen molar-refractivity contribution in [3.8, 4) is 0 Å². The molecule has 3 aromatic carbocycles.